The summed E-state index contributed by atoms with van der Waals surface area (Å²) >= 11 is 0. The van der Waals surface area contributed by atoms with Crippen molar-refractivity contribution in [1.82, 2.24) is 4.90 Å². The average molecular weight is 439 g/mol. The van der Waals surface area contributed by atoms with Crippen LogP contribution in [-0.2, 0) is 0 Å². The van der Waals surface area contributed by atoms with Crippen molar-refractivity contribution in [2.24, 2.45) is 11.8 Å². The first-order valence-corrected chi connectivity index (χ1v) is 12.2. The molecule has 3 aromatic carbocycles. The number of hydrogen-bond acceptors (Lipinski definition) is 3. The second-order valence-corrected chi connectivity index (χ2v) is 9.94. The Kier molecular flexibility index (Phi) is 4.90. The predicted octanol–water partition coefficient (Wildman–Crippen LogP) is 6.24. The number of hydrogen-bond donors (Lipinski definition) is 2. The van der Waals surface area contributed by atoms with Gasteiger partial charge in [-0.15, -0.1) is 0 Å². The van der Waals surface area contributed by atoms with E-state index in [9.17, 15) is 9.90 Å². The Hall–Kier alpha value is -3.27. The summed E-state index contributed by atoms with van der Waals surface area (Å²) < 4.78 is 0. The van der Waals surface area contributed by atoms with Gasteiger partial charge in [-0.05, 0) is 59.6 Å². The van der Waals surface area contributed by atoms with Gasteiger partial charge in [-0.25, -0.2) is 0 Å². The normalized spacial score (nSPS) is 24.4. The molecule has 3 unspecified atom stereocenters. The molecular formula is C29H30N2O2. The van der Waals surface area contributed by atoms with Gasteiger partial charge in [0.1, 0.15) is 5.75 Å². The number of benzene rings is 3. The predicted molar refractivity (Wildman–Crippen MR) is 133 cm³/mol. The number of nitrogens with one attached hydrogen (secondary N) is 1. The zero-order chi connectivity index (χ0) is 22.5. The SMILES string of the molecule is CC1CCN(C(=O)c2cccc3c2NC(c2c(O)ccc4ccccc24)C2CC=CC32)CC1. The van der Waals surface area contributed by atoms with Crippen LogP contribution >= 0.6 is 0 Å². The molecule has 2 aliphatic heterocycles. The Morgan fingerprint density at radius 2 is 1.85 bits per heavy atom. The number of rotatable bonds is 2. The maximum Gasteiger partial charge on any atom is 0.255 e. The molecule has 1 saturated heterocycles. The van der Waals surface area contributed by atoms with E-state index in [1.807, 2.05) is 35.2 Å². The van der Waals surface area contributed by atoms with Gasteiger partial charge in [0.2, 0.25) is 0 Å². The number of nitrogens with zero attached hydrogens (tertiary/aromatic N) is 1. The highest BCUT2D eigenvalue weighted by Gasteiger charge is 2.41. The number of piperidine rings is 1. The summed E-state index contributed by atoms with van der Waals surface area (Å²) in [7, 11) is 0. The van der Waals surface area contributed by atoms with Gasteiger partial charge in [0.05, 0.1) is 17.3 Å². The quantitative estimate of drug-likeness (QED) is 0.465. The van der Waals surface area contributed by atoms with Gasteiger partial charge in [-0.1, -0.05) is 61.5 Å². The van der Waals surface area contributed by atoms with Crippen LogP contribution in [0.25, 0.3) is 10.8 Å². The number of likely N-dealkylation sites (tertiary alicyclic amines) is 1. The highest BCUT2D eigenvalue weighted by molar-refractivity contribution is 6.01. The van der Waals surface area contributed by atoms with Crippen molar-refractivity contribution < 1.29 is 9.90 Å². The lowest BCUT2D eigenvalue weighted by molar-refractivity contribution is 0.0698. The zero-order valence-corrected chi connectivity index (χ0v) is 19.0. The van der Waals surface area contributed by atoms with E-state index in [0.717, 1.165) is 59.9 Å². The fourth-order valence-corrected chi connectivity index (χ4v) is 6.08. The first kappa shape index (κ1) is 20.3. The van der Waals surface area contributed by atoms with Crippen molar-refractivity contribution in [1.29, 1.82) is 0 Å². The van der Waals surface area contributed by atoms with E-state index < -0.39 is 0 Å². The van der Waals surface area contributed by atoms with Crippen LogP contribution in [0.3, 0.4) is 0 Å². The average Bonchev–Trinajstić information content (AvgIpc) is 3.34. The molecule has 0 spiro atoms. The fraction of sp³-hybridized carbons (Fsp3) is 0.345. The lowest BCUT2D eigenvalue weighted by atomic mass is 9.75. The van der Waals surface area contributed by atoms with E-state index in [4.69, 9.17) is 0 Å². The lowest BCUT2D eigenvalue weighted by Gasteiger charge is -2.39. The third-order valence-electron chi connectivity index (χ3n) is 7.96. The van der Waals surface area contributed by atoms with Crippen LogP contribution in [0.2, 0.25) is 0 Å². The summed E-state index contributed by atoms with van der Waals surface area (Å²) in [5, 5.41) is 17.0. The summed E-state index contributed by atoms with van der Waals surface area (Å²) in [4.78, 5) is 15.6. The Morgan fingerprint density at radius 1 is 1.03 bits per heavy atom. The number of allylic oxidation sites excluding steroid dienone is 2. The monoisotopic (exact) mass is 438 g/mol. The van der Waals surface area contributed by atoms with Crippen molar-refractivity contribution in [3.05, 3.63) is 83.4 Å². The summed E-state index contributed by atoms with van der Waals surface area (Å²) in [6, 6.07) is 18.1. The molecule has 0 radical (unpaired) electrons. The minimum absolute atomic E-state index is 0.0704. The molecule has 33 heavy (non-hydrogen) atoms. The number of phenolic OH excluding ortho intramolecular Hbond substituents is 1. The van der Waals surface area contributed by atoms with Gasteiger partial charge in [-0.2, -0.15) is 0 Å². The van der Waals surface area contributed by atoms with E-state index in [2.05, 4.69) is 42.6 Å². The van der Waals surface area contributed by atoms with Crippen LogP contribution in [0.5, 0.6) is 5.75 Å². The van der Waals surface area contributed by atoms with Crippen molar-refractivity contribution >= 4 is 22.4 Å². The molecule has 168 valence electrons. The molecule has 4 nitrogen and oxygen atoms in total. The molecule has 1 fully saturated rings. The highest BCUT2D eigenvalue weighted by atomic mass is 16.3. The Morgan fingerprint density at radius 3 is 2.70 bits per heavy atom. The van der Waals surface area contributed by atoms with Crippen LogP contribution in [0.4, 0.5) is 5.69 Å². The molecule has 3 aliphatic rings. The van der Waals surface area contributed by atoms with Crippen LogP contribution in [0.1, 0.15) is 59.6 Å². The van der Waals surface area contributed by atoms with Crippen molar-refractivity contribution in [2.45, 2.75) is 38.1 Å². The van der Waals surface area contributed by atoms with E-state index in [0.29, 0.717) is 17.6 Å². The smallest absolute Gasteiger partial charge is 0.255 e. The molecular weight excluding hydrogens is 408 g/mol. The second-order valence-electron chi connectivity index (χ2n) is 9.94. The number of anilines is 1. The molecule has 2 heterocycles. The van der Waals surface area contributed by atoms with E-state index >= 15 is 0 Å². The van der Waals surface area contributed by atoms with Crippen molar-refractivity contribution in [3.63, 3.8) is 0 Å². The Balaban J connectivity index is 1.46. The summed E-state index contributed by atoms with van der Waals surface area (Å²) in [6.45, 7) is 3.91. The number of amides is 1. The first-order chi connectivity index (χ1) is 16.1. The fourth-order valence-electron chi connectivity index (χ4n) is 6.08. The molecule has 6 rings (SSSR count). The van der Waals surface area contributed by atoms with Crippen molar-refractivity contribution in [3.8, 4) is 5.75 Å². The topological polar surface area (TPSA) is 52.6 Å². The standard InChI is InChI=1S/C29H30N2O2/c1-18-14-16-31(17-15-18)29(33)24-11-5-9-22-21-8-4-10-23(21)28(30-27(22)24)26-20-7-3-2-6-19(20)12-13-25(26)32/h2-9,11-13,18,21,23,28,30,32H,10,14-17H2,1H3. The molecule has 1 aliphatic carbocycles. The van der Waals surface area contributed by atoms with E-state index in [1.54, 1.807) is 6.07 Å². The van der Waals surface area contributed by atoms with Gasteiger partial charge in [-0.3, -0.25) is 4.79 Å². The van der Waals surface area contributed by atoms with Crippen LogP contribution in [0.15, 0.2) is 66.7 Å². The van der Waals surface area contributed by atoms with Crippen LogP contribution in [-0.4, -0.2) is 29.0 Å². The van der Waals surface area contributed by atoms with Gasteiger partial charge in [0.15, 0.2) is 0 Å². The molecule has 0 aromatic heterocycles. The third kappa shape index (κ3) is 3.31. The van der Waals surface area contributed by atoms with E-state index in [1.165, 1.54) is 5.56 Å². The second kappa shape index (κ2) is 7.95. The van der Waals surface area contributed by atoms with Crippen LogP contribution in [0, 0.1) is 11.8 Å². The number of aromatic hydroxyl groups is 1. The maximum absolute atomic E-state index is 13.6. The molecule has 3 aromatic rings. The van der Waals surface area contributed by atoms with Gasteiger partial charge in [0.25, 0.3) is 5.91 Å². The van der Waals surface area contributed by atoms with E-state index in [-0.39, 0.29) is 17.9 Å². The minimum Gasteiger partial charge on any atom is -0.508 e. The number of carbonyl (C=O) groups excluding carboxylic acids is 1. The number of carbonyl (C=O) groups is 1. The first-order valence-electron chi connectivity index (χ1n) is 12.2. The Labute approximate surface area is 194 Å². The van der Waals surface area contributed by atoms with Gasteiger partial charge < -0.3 is 15.3 Å². The summed E-state index contributed by atoms with van der Waals surface area (Å²) in [5.74, 6) is 1.65. The lowest BCUT2D eigenvalue weighted by Crippen LogP contribution is -2.39. The highest BCUT2D eigenvalue weighted by Crippen LogP contribution is 2.53. The number of fused-ring (bicyclic) bond motifs is 4. The minimum atomic E-state index is -0.0704. The largest absolute Gasteiger partial charge is 0.508 e. The van der Waals surface area contributed by atoms with Gasteiger partial charge in [0, 0.05) is 24.6 Å². The summed E-state index contributed by atoms with van der Waals surface area (Å²) in [6.07, 6.45) is 7.62. The molecule has 4 heteroatoms. The molecule has 0 bridgehead atoms. The number of phenols is 1. The Bertz CT molecular complexity index is 1260. The maximum atomic E-state index is 13.6. The zero-order valence-electron chi connectivity index (χ0n) is 19.0. The molecule has 1 amide bonds. The molecule has 2 N–H and O–H groups in total. The molecule has 3 atom stereocenters. The number of para-hydroxylation sites is 1. The van der Waals surface area contributed by atoms with Crippen LogP contribution < -0.4 is 5.32 Å². The van der Waals surface area contributed by atoms with Gasteiger partial charge >= 0.3 is 0 Å². The summed E-state index contributed by atoms with van der Waals surface area (Å²) in [5.41, 5.74) is 3.82. The molecule has 0 saturated carbocycles. The van der Waals surface area contributed by atoms with Crippen molar-refractivity contribution in [2.75, 3.05) is 18.4 Å². The third-order valence-corrected chi connectivity index (χ3v) is 7.96.